The molecular formula is C21H27N3O. The first kappa shape index (κ1) is 16.7. The molecule has 132 valence electrons. The molecule has 25 heavy (non-hydrogen) atoms. The second-order valence-electron chi connectivity index (χ2n) is 7.39. The van der Waals surface area contributed by atoms with Crippen LogP contribution in [0.5, 0.6) is 0 Å². The van der Waals surface area contributed by atoms with Gasteiger partial charge in [0.1, 0.15) is 5.60 Å². The number of aliphatic hydroxyl groups is 1. The van der Waals surface area contributed by atoms with Crippen molar-refractivity contribution in [3.05, 3.63) is 66.0 Å². The first-order valence-electron chi connectivity index (χ1n) is 9.39. The van der Waals surface area contributed by atoms with Crippen LogP contribution in [0.4, 0.5) is 0 Å². The summed E-state index contributed by atoms with van der Waals surface area (Å²) >= 11 is 0. The average Bonchev–Trinajstić information content (AvgIpc) is 3.19. The number of likely N-dealkylation sites (tertiary alicyclic amines) is 2. The van der Waals surface area contributed by atoms with Crippen LogP contribution in [0, 0.1) is 0 Å². The number of rotatable bonds is 4. The van der Waals surface area contributed by atoms with E-state index in [4.69, 9.17) is 0 Å². The van der Waals surface area contributed by atoms with Crippen LogP contribution in [0.1, 0.15) is 30.4 Å². The number of piperidine rings is 1. The maximum Gasteiger partial charge on any atom is 0.108 e. The van der Waals surface area contributed by atoms with Gasteiger partial charge in [0, 0.05) is 32.0 Å². The van der Waals surface area contributed by atoms with E-state index in [1.807, 2.05) is 30.6 Å². The van der Waals surface area contributed by atoms with Gasteiger partial charge in [-0.2, -0.15) is 0 Å². The lowest BCUT2D eigenvalue weighted by atomic mass is 9.79. The highest BCUT2D eigenvalue weighted by Crippen LogP contribution is 2.37. The molecule has 4 nitrogen and oxygen atoms in total. The van der Waals surface area contributed by atoms with Gasteiger partial charge in [-0.05, 0) is 55.6 Å². The molecule has 0 aliphatic carbocycles. The Morgan fingerprint density at radius 2 is 1.72 bits per heavy atom. The molecule has 4 heteroatoms. The number of benzene rings is 1. The summed E-state index contributed by atoms with van der Waals surface area (Å²) in [6, 6.07) is 14.6. The van der Waals surface area contributed by atoms with E-state index < -0.39 is 5.60 Å². The Bertz CT molecular complexity index is 672. The highest BCUT2D eigenvalue weighted by molar-refractivity contribution is 5.26. The molecule has 4 rings (SSSR count). The molecule has 2 fully saturated rings. The highest BCUT2D eigenvalue weighted by Gasteiger charge is 2.46. The van der Waals surface area contributed by atoms with Crippen molar-refractivity contribution in [2.24, 2.45) is 0 Å². The van der Waals surface area contributed by atoms with Crippen molar-refractivity contribution in [1.29, 1.82) is 0 Å². The summed E-state index contributed by atoms with van der Waals surface area (Å²) in [6.45, 7) is 4.95. The fourth-order valence-corrected chi connectivity index (χ4v) is 4.41. The van der Waals surface area contributed by atoms with Crippen molar-refractivity contribution < 1.29 is 5.11 Å². The Morgan fingerprint density at radius 1 is 1.00 bits per heavy atom. The first-order chi connectivity index (χ1) is 12.3. The van der Waals surface area contributed by atoms with Crippen molar-refractivity contribution >= 4 is 0 Å². The van der Waals surface area contributed by atoms with Crippen molar-refractivity contribution in [1.82, 2.24) is 14.8 Å². The van der Waals surface area contributed by atoms with Gasteiger partial charge in [-0.3, -0.25) is 14.8 Å². The molecule has 1 aromatic heterocycles. The van der Waals surface area contributed by atoms with Crippen LogP contribution in [0.25, 0.3) is 0 Å². The van der Waals surface area contributed by atoms with Gasteiger partial charge in [-0.25, -0.2) is 0 Å². The smallest absolute Gasteiger partial charge is 0.108 e. The fourth-order valence-electron chi connectivity index (χ4n) is 4.41. The molecule has 2 atom stereocenters. The molecule has 3 heterocycles. The van der Waals surface area contributed by atoms with Crippen molar-refractivity contribution in [3.63, 3.8) is 0 Å². The van der Waals surface area contributed by atoms with Gasteiger partial charge in [0.05, 0.1) is 6.04 Å². The van der Waals surface area contributed by atoms with Gasteiger partial charge >= 0.3 is 0 Å². The van der Waals surface area contributed by atoms with E-state index in [1.54, 1.807) is 0 Å². The molecule has 0 radical (unpaired) electrons. The zero-order chi connectivity index (χ0) is 17.1. The molecule has 2 aromatic rings. The molecule has 0 unspecified atom stereocenters. The summed E-state index contributed by atoms with van der Waals surface area (Å²) in [4.78, 5) is 9.10. The standard InChI is InChI=1S/C21H27N3O/c25-21(19-6-2-1-3-7-19)10-15-23(16-18-8-11-22-12-9-18)17-20(21)24-13-4-5-14-24/h1-3,6-9,11-12,20,25H,4-5,10,13-17H2/t20-,21+/m1/s1. The Morgan fingerprint density at radius 3 is 2.44 bits per heavy atom. The van der Waals surface area contributed by atoms with Crippen LogP contribution in [0.3, 0.4) is 0 Å². The largest absolute Gasteiger partial charge is 0.383 e. The summed E-state index contributed by atoms with van der Waals surface area (Å²) in [5.74, 6) is 0. The van der Waals surface area contributed by atoms with E-state index in [2.05, 4.69) is 39.0 Å². The molecule has 2 saturated heterocycles. The number of nitrogens with zero attached hydrogens (tertiary/aromatic N) is 3. The van der Waals surface area contributed by atoms with Crippen LogP contribution in [0.15, 0.2) is 54.9 Å². The molecule has 0 saturated carbocycles. The van der Waals surface area contributed by atoms with Gasteiger partial charge in [0.15, 0.2) is 0 Å². The van der Waals surface area contributed by atoms with Crippen LogP contribution in [-0.4, -0.2) is 52.1 Å². The third-order valence-electron chi connectivity index (χ3n) is 5.80. The number of aromatic nitrogens is 1. The molecule has 1 aromatic carbocycles. The van der Waals surface area contributed by atoms with Gasteiger partial charge in [-0.15, -0.1) is 0 Å². The Kier molecular flexibility index (Phi) is 4.84. The van der Waals surface area contributed by atoms with Crippen molar-refractivity contribution in [2.75, 3.05) is 26.2 Å². The lowest BCUT2D eigenvalue weighted by Gasteiger charge is -2.48. The third kappa shape index (κ3) is 3.47. The van der Waals surface area contributed by atoms with Gasteiger partial charge < -0.3 is 5.11 Å². The molecular weight excluding hydrogens is 310 g/mol. The predicted molar refractivity (Wildman–Crippen MR) is 99.1 cm³/mol. The van der Waals surface area contributed by atoms with Gasteiger partial charge in [0.25, 0.3) is 0 Å². The molecule has 0 bridgehead atoms. The molecule has 0 spiro atoms. The molecule has 2 aliphatic heterocycles. The summed E-state index contributed by atoms with van der Waals surface area (Å²) in [7, 11) is 0. The van der Waals surface area contributed by atoms with E-state index in [9.17, 15) is 5.11 Å². The van der Waals surface area contributed by atoms with Crippen LogP contribution in [-0.2, 0) is 12.1 Å². The van der Waals surface area contributed by atoms with E-state index >= 15 is 0 Å². The summed E-state index contributed by atoms with van der Waals surface area (Å²) < 4.78 is 0. The van der Waals surface area contributed by atoms with Crippen LogP contribution >= 0.6 is 0 Å². The zero-order valence-corrected chi connectivity index (χ0v) is 14.7. The van der Waals surface area contributed by atoms with E-state index in [1.165, 1.54) is 18.4 Å². The van der Waals surface area contributed by atoms with E-state index in [0.717, 1.165) is 44.7 Å². The minimum Gasteiger partial charge on any atom is -0.383 e. The predicted octanol–water partition coefficient (Wildman–Crippen LogP) is 2.64. The summed E-state index contributed by atoms with van der Waals surface area (Å²) in [5.41, 5.74) is 1.61. The van der Waals surface area contributed by atoms with E-state index in [0.29, 0.717) is 0 Å². The number of hydrogen-bond acceptors (Lipinski definition) is 4. The second kappa shape index (κ2) is 7.24. The molecule has 2 aliphatic rings. The highest BCUT2D eigenvalue weighted by atomic mass is 16.3. The average molecular weight is 337 g/mol. The zero-order valence-electron chi connectivity index (χ0n) is 14.7. The fraction of sp³-hybridized carbons (Fsp3) is 0.476. The monoisotopic (exact) mass is 337 g/mol. The van der Waals surface area contributed by atoms with Crippen LogP contribution < -0.4 is 0 Å². The Hall–Kier alpha value is -1.75. The minimum absolute atomic E-state index is 0.160. The maximum atomic E-state index is 11.7. The number of pyridine rings is 1. The third-order valence-corrected chi connectivity index (χ3v) is 5.80. The normalized spacial score (nSPS) is 28.3. The van der Waals surface area contributed by atoms with E-state index in [-0.39, 0.29) is 6.04 Å². The SMILES string of the molecule is O[C@]1(c2ccccc2)CCN(Cc2ccncc2)C[C@H]1N1CCCC1. The Labute approximate surface area is 150 Å². The molecule has 0 amide bonds. The lowest BCUT2D eigenvalue weighted by Crippen LogP contribution is -2.60. The van der Waals surface area contributed by atoms with Gasteiger partial charge in [-0.1, -0.05) is 30.3 Å². The second-order valence-corrected chi connectivity index (χ2v) is 7.39. The maximum absolute atomic E-state index is 11.7. The van der Waals surface area contributed by atoms with Crippen molar-refractivity contribution in [3.8, 4) is 0 Å². The van der Waals surface area contributed by atoms with Crippen molar-refractivity contribution in [2.45, 2.75) is 37.5 Å². The van der Waals surface area contributed by atoms with Gasteiger partial charge in [0.2, 0.25) is 0 Å². The first-order valence-corrected chi connectivity index (χ1v) is 9.39. The Balaban J connectivity index is 1.57. The summed E-state index contributed by atoms with van der Waals surface area (Å²) in [5, 5.41) is 11.7. The number of hydrogen-bond donors (Lipinski definition) is 1. The molecule has 1 N–H and O–H groups in total. The summed E-state index contributed by atoms with van der Waals surface area (Å²) in [6.07, 6.45) is 6.98. The lowest BCUT2D eigenvalue weighted by molar-refractivity contribution is -0.0959. The van der Waals surface area contributed by atoms with Crippen LogP contribution in [0.2, 0.25) is 0 Å². The minimum atomic E-state index is -0.750. The quantitative estimate of drug-likeness (QED) is 0.931. The topological polar surface area (TPSA) is 39.6 Å².